The molecule has 12 heavy (non-hydrogen) atoms. The van der Waals surface area contributed by atoms with Gasteiger partial charge in [-0.15, -0.1) is 11.3 Å². The van der Waals surface area contributed by atoms with E-state index in [0.717, 1.165) is 17.4 Å². The largest absolute Gasteiger partial charge is 1.00 e. The van der Waals surface area contributed by atoms with Crippen LogP contribution in [0.25, 0.3) is 0 Å². The Bertz CT molecular complexity index is 377. The summed E-state index contributed by atoms with van der Waals surface area (Å²) in [5.74, 6) is 0. The van der Waals surface area contributed by atoms with Crippen LogP contribution in [0.3, 0.4) is 0 Å². The van der Waals surface area contributed by atoms with E-state index < -0.39 is 10.1 Å². The molecule has 0 saturated heterocycles. The zero-order valence-electron chi connectivity index (χ0n) is 6.91. The van der Waals surface area contributed by atoms with E-state index in [0.29, 0.717) is 0 Å². The summed E-state index contributed by atoms with van der Waals surface area (Å²) in [6.45, 7) is 0. The Balaban J connectivity index is 0. The maximum Gasteiger partial charge on any atom is 1.00 e. The number of thiophene rings is 1. The number of halogens is 2. The van der Waals surface area contributed by atoms with E-state index >= 15 is 0 Å². The molecule has 1 rings (SSSR count). The SMILES string of the molecule is O=S(=O)(O)c1cc(Cl)sc1Cl.[H-].[Na+]. The van der Waals surface area contributed by atoms with Gasteiger partial charge >= 0.3 is 29.6 Å². The Labute approximate surface area is 107 Å². The summed E-state index contributed by atoms with van der Waals surface area (Å²) in [4.78, 5) is -0.339. The molecule has 0 aromatic carbocycles. The Morgan fingerprint density at radius 1 is 1.50 bits per heavy atom. The summed E-state index contributed by atoms with van der Waals surface area (Å²) in [5, 5.41) is 0. The summed E-state index contributed by atoms with van der Waals surface area (Å²) in [7, 11) is -4.22. The van der Waals surface area contributed by atoms with Crippen LogP contribution >= 0.6 is 34.5 Å². The first-order valence-electron chi connectivity index (χ1n) is 2.33. The van der Waals surface area contributed by atoms with Gasteiger partial charge < -0.3 is 1.43 Å². The van der Waals surface area contributed by atoms with Crippen molar-refractivity contribution in [3.05, 3.63) is 14.7 Å². The fourth-order valence-corrected chi connectivity index (χ4v) is 3.11. The summed E-state index contributed by atoms with van der Waals surface area (Å²) in [5.41, 5.74) is 0. The second kappa shape index (κ2) is 4.61. The van der Waals surface area contributed by atoms with Gasteiger partial charge in [0.2, 0.25) is 0 Å². The Kier molecular flexibility index (Phi) is 5.07. The van der Waals surface area contributed by atoms with Crippen LogP contribution in [0.1, 0.15) is 1.43 Å². The maximum absolute atomic E-state index is 10.5. The van der Waals surface area contributed by atoms with Gasteiger partial charge in [0.15, 0.2) is 0 Å². The van der Waals surface area contributed by atoms with Crippen LogP contribution in [-0.4, -0.2) is 13.0 Å². The van der Waals surface area contributed by atoms with Crippen LogP contribution in [-0.2, 0) is 10.1 Å². The van der Waals surface area contributed by atoms with E-state index in [2.05, 4.69) is 0 Å². The van der Waals surface area contributed by atoms with Gasteiger partial charge in [-0.05, 0) is 6.07 Å². The van der Waals surface area contributed by atoms with Crippen molar-refractivity contribution in [2.45, 2.75) is 4.90 Å². The quantitative estimate of drug-likeness (QED) is 0.541. The second-order valence-corrected chi connectivity index (χ2v) is 5.34. The van der Waals surface area contributed by atoms with Crippen molar-refractivity contribution in [1.29, 1.82) is 0 Å². The molecule has 8 heteroatoms. The fourth-order valence-electron chi connectivity index (χ4n) is 0.501. The van der Waals surface area contributed by atoms with Gasteiger partial charge in [-0.1, -0.05) is 23.2 Å². The van der Waals surface area contributed by atoms with Gasteiger partial charge in [0, 0.05) is 0 Å². The van der Waals surface area contributed by atoms with Gasteiger partial charge in [0.05, 0.1) is 4.34 Å². The van der Waals surface area contributed by atoms with E-state index in [-0.39, 0.29) is 44.6 Å². The van der Waals surface area contributed by atoms with Crippen LogP contribution in [0.5, 0.6) is 0 Å². The van der Waals surface area contributed by atoms with E-state index in [9.17, 15) is 8.42 Å². The van der Waals surface area contributed by atoms with E-state index in [1.165, 1.54) is 0 Å². The summed E-state index contributed by atoms with van der Waals surface area (Å²) in [6, 6.07) is 1.10. The normalized spacial score (nSPS) is 10.9. The van der Waals surface area contributed by atoms with Crippen LogP contribution in [0.2, 0.25) is 8.67 Å². The summed E-state index contributed by atoms with van der Waals surface area (Å²) in [6.07, 6.45) is 0. The molecule has 0 aliphatic carbocycles. The fraction of sp³-hybridized carbons (Fsp3) is 0. The molecule has 0 saturated carbocycles. The molecule has 0 fully saturated rings. The monoisotopic (exact) mass is 256 g/mol. The minimum Gasteiger partial charge on any atom is -1.00 e. The van der Waals surface area contributed by atoms with Gasteiger partial charge in [-0.2, -0.15) is 8.42 Å². The van der Waals surface area contributed by atoms with Crippen LogP contribution in [0, 0.1) is 0 Å². The third-order valence-corrected chi connectivity index (χ3v) is 3.51. The molecule has 0 spiro atoms. The predicted molar refractivity (Wildman–Crippen MR) is 45.3 cm³/mol. The van der Waals surface area contributed by atoms with Crippen molar-refractivity contribution in [3.8, 4) is 0 Å². The Hall–Kier alpha value is 1.19. The predicted octanol–water partition coefficient (Wildman–Crippen LogP) is -0.582. The third-order valence-electron chi connectivity index (χ3n) is 0.903. The maximum atomic E-state index is 10.5. The van der Waals surface area contributed by atoms with Crippen LogP contribution < -0.4 is 29.6 Å². The molecule has 0 amide bonds. The van der Waals surface area contributed by atoms with Crippen molar-refractivity contribution in [2.75, 3.05) is 0 Å². The van der Waals surface area contributed by atoms with Crippen molar-refractivity contribution in [2.24, 2.45) is 0 Å². The molecular weight excluding hydrogens is 254 g/mol. The van der Waals surface area contributed by atoms with Crippen molar-refractivity contribution in [3.63, 3.8) is 0 Å². The average Bonchev–Trinajstić information content (AvgIpc) is 2.08. The topological polar surface area (TPSA) is 54.4 Å². The molecule has 0 aliphatic heterocycles. The second-order valence-electron chi connectivity index (χ2n) is 1.66. The first kappa shape index (κ1) is 13.2. The van der Waals surface area contributed by atoms with E-state index in [1.807, 2.05) is 0 Å². The molecule has 64 valence electrons. The van der Waals surface area contributed by atoms with Crippen LogP contribution in [0.4, 0.5) is 0 Å². The van der Waals surface area contributed by atoms with Gasteiger partial charge in [0.25, 0.3) is 10.1 Å². The molecule has 1 aromatic rings. The van der Waals surface area contributed by atoms with Crippen molar-refractivity contribution >= 4 is 44.7 Å². The molecule has 3 nitrogen and oxygen atoms in total. The van der Waals surface area contributed by atoms with E-state index in [4.69, 9.17) is 27.8 Å². The Morgan fingerprint density at radius 3 is 2.17 bits per heavy atom. The molecule has 0 bridgehead atoms. The molecule has 1 N–H and O–H groups in total. The molecule has 0 atom stereocenters. The van der Waals surface area contributed by atoms with Crippen molar-refractivity contribution in [1.82, 2.24) is 0 Å². The summed E-state index contributed by atoms with van der Waals surface area (Å²) >= 11 is 11.7. The smallest absolute Gasteiger partial charge is 1.00 e. The summed E-state index contributed by atoms with van der Waals surface area (Å²) < 4.78 is 29.7. The first-order valence-corrected chi connectivity index (χ1v) is 5.35. The average molecular weight is 257 g/mol. The molecule has 0 aliphatic rings. The zero-order valence-corrected chi connectivity index (χ0v) is 11.1. The van der Waals surface area contributed by atoms with Crippen LogP contribution in [0.15, 0.2) is 11.0 Å². The third kappa shape index (κ3) is 3.16. The number of hydrogen-bond donors (Lipinski definition) is 1. The molecule has 0 radical (unpaired) electrons. The number of rotatable bonds is 1. The van der Waals surface area contributed by atoms with Gasteiger partial charge in [0.1, 0.15) is 9.23 Å². The molecular formula is C4H3Cl2NaO3S2. The Morgan fingerprint density at radius 2 is 2.00 bits per heavy atom. The van der Waals surface area contributed by atoms with Crippen molar-refractivity contribution < 1.29 is 44.0 Å². The van der Waals surface area contributed by atoms with E-state index in [1.54, 1.807) is 0 Å². The zero-order chi connectivity index (χ0) is 8.65. The number of hydrogen-bond acceptors (Lipinski definition) is 3. The molecule has 1 heterocycles. The molecule has 1 aromatic heterocycles. The minimum atomic E-state index is -4.22. The standard InChI is InChI=1S/C4H2Cl2O3S2.Na.H/c5-3-1-2(4(6)10-3)11(7,8)9;;/h1H,(H,7,8,9);;/q;+1;-1. The van der Waals surface area contributed by atoms with Gasteiger partial charge in [-0.3, -0.25) is 4.55 Å². The minimum absolute atomic E-state index is 0. The molecule has 0 unspecified atom stereocenters. The first-order chi connectivity index (χ1) is 4.91. The van der Waals surface area contributed by atoms with Gasteiger partial charge in [-0.25, -0.2) is 0 Å².